The largest absolute Gasteiger partial charge is 0.381 e. The Kier molecular flexibility index (Phi) is 7.68. The Bertz CT molecular complexity index is 433. The third kappa shape index (κ3) is 5.28. The molecule has 7 heteroatoms. The number of hydrogen-bond donors (Lipinski definition) is 2. The van der Waals surface area contributed by atoms with Crippen LogP contribution in [0.25, 0.3) is 0 Å². The lowest BCUT2D eigenvalue weighted by atomic mass is 9.99. The van der Waals surface area contributed by atoms with Crippen molar-refractivity contribution in [3.63, 3.8) is 0 Å². The number of guanidine groups is 1. The average molecular weight is 357 g/mol. The van der Waals surface area contributed by atoms with Gasteiger partial charge in [0.1, 0.15) is 0 Å². The van der Waals surface area contributed by atoms with Gasteiger partial charge in [-0.25, -0.2) is 0 Å². The second-order valence-electron chi connectivity index (χ2n) is 6.48. The van der Waals surface area contributed by atoms with Crippen molar-refractivity contribution in [2.75, 3.05) is 45.6 Å². The fourth-order valence-electron chi connectivity index (χ4n) is 3.38. The molecule has 24 heavy (non-hydrogen) atoms. The number of aliphatic imine (C=N–C) groups is 1. The standard InChI is InChI=1S/C17H32N4O2S/c1-4-15(22)21-9-6-14(12-21)20-16(18-3)19-13-17(24-5-2)7-10-23-11-8-17/h14H,4-13H2,1-3H3,(H2,18,19,20). The highest BCUT2D eigenvalue weighted by molar-refractivity contribution is 8.00. The number of rotatable bonds is 6. The highest BCUT2D eigenvalue weighted by Gasteiger charge is 2.33. The van der Waals surface area contributed by atoms with Gasteiger partial charge in [0.2, 0.25) is 5.91 Å². The van der Waals surface area contributed by atoms with Gasteiger partial charge < -0.3 is 20.3 Å². The van der Waals surface area contributed by atoms with Gasteiger partial charge in [-0.15, -0.1) is 0 Å². The Morgan fingerprint density at radius 3 is 2.75 bits per heavy atom. The first kappa shape index (κ1) is 19.4. The second kappa shape index (κ2) is 9.51. The first-order valence-electron chi connectivity index (χ1n) is 9.09. The molecule has 6 nitrogen and oxygen atoms in total. The van der Waals surface area contributed by atoms with Crippen LogP contribution in [0.1, 0.15) is 39.5 Å². The van der Waals surface area contributed by atoms with Crippen molar-refractivity contribution >= 4 is 23.6 Å². The summed E-state index contributed by atoms with van der Waals surface area (Å²) < 4.78 is 5.77. The number of nitrogens with zero attached hydrogens (tertiary/aromatic N) is 2. The maximum absolute atomic E-state index is 11.8. The van der Waals surface area contributed by atoms with Crippen LogP contribution in [0.3, 0.4) is 0 Å². The molecule has 2 N–H and O–H groups in total. The quantitative estimate of drug-likeness (QED) is 0.557. The number of nitrogens with one attached hydrogen (secondary N) is 2. The number of hydrogen-bond acceptors (Lipinski definition) is 4. The van der Waals surface area contributed by atoms with Crippen LogP contribution < -0.4 is 10.6 Å². The Morgan fingerprint density at radius 1 is 1.38 bits per heavy atom. The maximum atomic E-state index is 11.8. The summed E-state index contributed by atoms with van der Waals surface area (Å²) >= 11 is 2.02. The molecular weight excluding hydrogens is 324 g/mol. The second-order valence-corrected chi connectivity index (χ2v) is 8.21. The molecule has 1 atom stereocenters. The molecule has 2 saturated heterocycles. The van der Waals surface area contributed by atoms with Crippen molar-refractivity contribution in [2.24, 2.45) is 4.99 Å². The van der Waals surface area contributed by atoms with Gasteiger partial charge in [0.05, 0.1) is 0 Å². The van der Waals surface area contributed by atoms with Crippen LogP contribution in [0.5, 0.6) is 0 Å². The van der Waals surface area contributed by atoms with Gasteiger partial charge in [0.25, 0.3) is 0 Å². The van der Waals surface area contributed by atoms with E-state index in [9.17, 15) is 4.79 Å². The number of thioether (sulfide) groups is 1. The molecule has 2 aliphatic heterocycles. The lowest BCUT2D eigenvalue weighted by molar-refractivity contribution is -0.129. The van der Waals surface area contributed by atoms with Crippen LogP contribution in [0.2, 0.25) is 0 Å². The van der Waals surface area contributed by atoms with Crippen LogP contribution in [0.4, 0.5) is 0 Å². The summed E-state index contributed by atoms with van der Waals surface area (Å²) in [7, 11) is 1.81. The summed E-state index contributed by atoms with van der Waals surface area (Å²) in [5, 5.41) is 6.99. The minimum atomic E-state index is 0.239. The number of amides is 1. The molecule has 0 aromatic carbocycles. The Morgan fingerprint density at radius 2 is 2.12 bits per heavy atom. The Balaban J connectivity index is 1.83. The van der Waals surface area contributed by atoms with Gasteiger partial charge in [-0.1, -0.05) is 13.8 Å². The lowest BCUT2D eigenvalue weighted by Crippen LogP contribution is -2.50. The van der Waals surface area contributed by atoms with Gasteiger partial charge in [0, 0.05) is 57.1 Å². The van der Waals surface area contributed by atoms with E-state index >= 15 is 0 Å². The van der Waals surface area contributed by atoms with Crippen LogP contribution in [0, 0.1) is 0 Å². The number of likely N-dealkylation sites (tertiary alicyclic amines) is 1. The molecule has 2 aliphatic rings. The number of carbonyl (C=O) groups is 1. The zero-order chi connectivity index (χ0) is 17.4. The monoisotopic (exact) mass is 356 g/mol. The molecule has 2 rings (SSSR count). The van der Waals surface area contributed by atoms with Crippen LogP contribution >= 0.6 is 11.8 Å². The molecule has 1 amide bonds. The molecule has 0 saturated carbocycles. The van der Waals surface area contributed by atoms with E-state index in [1.54, 1.807) is 0 Å². The van der Waals surface area contributed by atoms with Crippen LogP contribution in [-0.2, 0) is 9.53 Å². The summed E-state index contributed by atoms with van der Waals surface area (Å²) in [6, 6.07) is 0.288. The van der Waals surface area contributed by atoms with Crippen molar-refractivity contribution in [2.45, 2.75) is 50.3 Å². The summed E-state index contributed by atoms with van der Waals surface area (Å²) in [5.41, 5.74) is 0. The van der Waals surface area contributed by atoms with Crippen molar-refractivity contribution in [3.05, 3.63) is 0 Å². The molecule has 0 bridgehead atoms. The smallest absolute Gasteiger partial charge is 0.222 e. The minimum Gasteiger partial charge on any atom is -0.381 e. The van der Waals surface area contributed by atoms with Gasteiger partial charge in [0.15, 0.2) is 5.96 Å². The van der Waals surface area contributed by atoms with Gasteiger partial charge in [-0.05, 0) is 25.0 Å². The van der Waals surface area contributed by atoms with Crippen molar-refractivity contribution in [1.29, 1.82) is 0 Å². The predicted octanol–water partition coefficient (Wildman–Crippen LogP) is 1.46. The molecule has 0 radical (unpaired) electrons. The van der Waals surface area contributed by atoms with Crippen LogP contribution in [0.15, 0.2) is 4.99 Å². The molecule has 0 aliphatic carbocycles. The van der Waals surface area contributed by atoms with Gasteiger partial charge in [-0.3, -0.25) is 9.79 Å². The minimum absolute atomic E-state index is 0.239. The molecule has 2 heterocycles. The third-order valence-corrected chi connectivity index (χ3v) is 6.29. The fraction of sp³-hybridized carbons (Fsp3) is 0.882. The van der Waals surface area contributed by atoms with Crippen molar-refractivity contribution in [1.82, 2.24) is 15.5 Å². The zero-order valence-corrected chi connectivity index (χ0v) is 16.1. The summed E-state index contributed by atoms with van der Waals surface area (Å²) in [6.45, 7) is 8.34. The first-order valence-corrected chi connectivity index (χ1v) is 10.1. The Labute approximate surface area is 150 Å². The fourth-order valence-corrected chi connectivity index (χ4v) is 4.62. The van der Waals surface area contributed by atoms with Gasteiger partial charge >= 0.3 is 0 Å². The van der Waals surface area contributed by atoms with E-state index in [1.807, 2.05) is 30.6 Å². The number of carbonyl (C=O) groups excluding carboxylic acids is 1. The summed E-state index contributed by atoms with van der Waals surface area (Å²) in [5.74, 6) is 2.20. The van der Waals surface area contributed by atoms with Crippen molar-refractivity contribution < 1.29 is 9.53 Å². The summed E-state index contributed by atoms with van der Waals surface area (Å²) in [6.07, 6.45) is 3.73. The summed E-state index contributed by atoms with van der Waals surface area (Å²) in [4.78, 5) is 18.1. The van der Waals surface area contributed by atoms with E-state index in [-0.39, 0.29) is 16.7 Å². The van der Waals surface area contributed by atoms with E-state index in [0.29, 0.717) is 6.42 Å². The molecule has 2 fully saturated rings. The lowest BCUT2D eigenvalue weighted by Gasteiger charge is -2.37. The maximum Gasteiger partial charge on any atom is 0.222 e. The highest BCUT2D eigenvalue weighted by atomic mass is 32.2. The van der Waals surface area contributed by atoms with Gasteiger partial charge in [-0.2, -0.15) is 11.8 Å². The van der Waals surface area contributed by atoms with E-state index in [0.717, 1.165) is 63.8 Å². The highest BCUT2D eigenvalue weighted by Crippen LogP contribution is 2.34. The average Bonchev–Trinajstić information content (AvgIpc) is 3.07. The predicted molar refractivity (Wildman–Crippen MR) is 101 cm³/mol. The molecule has 138 valence electrons. The van der Waals surface area contributed by atoms with Crippen LogP contribution in [-0.4, -0.2) is 73.2 Å². The zero-order valence-electron chi connectivity index (χ0n) is 15.3. The molecule has 0 aromatic heterocycles. The SMILES string of the molecule is CCSC1(CNC(=NC)NC2CCN(C(=O)CC)C2)CCOCC1. The normalized spacial score (nSPS) is 24.0. The van der Waals surface area contributed by atoms with Crippen molar-refractivity contribution in [3.8, 4) is 0 Å². The number of ether oxygens (including phenoxy) is 1. The molecular formula is C17H32N4O2S. The molecule has 1 unspecified atom stereocenters. The molecule has 0 spiro atoms. The molecule has 0 aromatic rings. The Hall–Kier alpha value is -0.950. The topological polar surface area (TPSA) is 66.0 Å². The first-order chi connectivity index (χ1) is 11.6. The van der Waals surface area contributed by atoms with E-state index < -0.39 is 0 Å². The van der Waals surface area contributed by atoms with E-state index in [1.165, 1.54) is 0 Å². The third-order valence-electron chi connectivity index (χ3n) is 4.84. The van der Waals surface area contributed by atoms with E-state index in [4.69, 9.17) is 4.74 Å². The van der Waals surface area contributed by atoms with E-state index in [2.05, 4.69) is 22.5 Å².